The highest BCUT2D eigenvalue weighted by molar-refractivity contribution is 6.34. The summed E-state index contributed by atoms with van der Waals surface area (Å²) in [5.41, 5.74) is 0.425. The number of piperidine rings is 1. The molecule has 1 N–H and O–H groups in total. The van der Waals surface area contributed by atoms with Gasteiger partial charge in [0.1, 0.15) is 0 Å². The van der Waals surface area contributed by atoms with Crippen molar-refractivity contribution < 1.29 is 14.4 Å². The van der Waals surface area contributed by atoms with E-state index in [0.29, 0.717) is 35.8 Å². The van der Waals surface area contributed by atoms with Crippen LogP contribution in [0.5, 0.6) is 0 Å². The zero-order chi connectivity index (χ0) is 18.2. The topological polar surface area (TPSA) is 69.7 Å². The zero-order valence-electron chi connectivity index (χ0n) is 14.5. The Morgan fingerprint density at radius 1 is 1.24 bits per heavy atom. The zero-order valence-corrected chi connectivity index (χ0v) is 15.2. The molecule has 25 heavy (non-hydrogen) atoms. The predicted octanol–water partition coefficient (Wildman–Crippen LogP) is 2.38. The maximum atomic E-state index is 12.9. The van der Waals surface area contributed by atoms with Crippen molar-refractivity contribution in [2.24, 2.45) is 5.41 Å². The minimum atomic E-state index is -0.454. The maximum absolute atomic E-state index is 12.9. The van der Waals surface area contributed by atoms with E-state index in [1.807, 2.05) is 7.05 Å². The largest absolute Gasteiger partial charge is 0.345 e. The lowest BCUT2D eigenvalue weighted by Gasteiger charge is -2.37. The van der Waals surface area contributed by atoms with Crippen LogP contribution in [0.1, 0.15) is 36.5 Å². The highest BCUT2D eigenvalue weighted by atomic mass is 35.5. The van der Waals surface area contributed by atoms with Crippen LogP contribution >= 0.6 is 11.6 Å². The van der Waals surface area contributed by atoms with E-state index in [1.54, 1.807) is 28.0 Å². The number of hydrogen-bond acceptors (Lipinski definition) is 3. The number of rotatable bonds is 2. The molecule has 0 radical (unpaired) electrons. The maximum Gasteiger partial charge on any atom is 0.255 e. The standard InChI is InChI=1S/C18H22ClN3O3/c1-12(23)20-13-4-5-15(19)14(10-13)16(24)22-9-7-18(11-22)6-3-8-21(2)17(18)25/h4-5,10H,3,6-9,11H2,1-2H3,(H,20,23)/t18-/m1/s1. The number of benzene rings is 1. The molecule has 1 aromatic rings. The molecule has 2 aliphatic heterocycles. The van der Waals surface area contributed by atoms with Crippen LogP contribution in [0.2, 0.25) is 5.02 Å². The molecule has 2 saturated heterocycles. The highest BCUT2D eigenvalue weighted by Crippen LogP contribution is 2.40. The highest BCUT2D eigenvalue weighted by Gasteiger charge is 2.48. The van der Waals surface area contributed by atoms with Crippen molar-refractivity contribution >= 4 is 35.0 Å². The predicted molar refractivity (Wildman–Crippen MR) is 95.6 cm³/mol. The fraction of sp³-hybridized carbons (Fsp3) is 0.500. The van der Waals surface area contributed by atoms with E-state index in [0.717, 1.165) is 19.4 Å². The number of amides is 3. The van der Waals surface area contributed by atoms with Crippen LogP contribution in [-0.2, 0) is 9.59 Å². The molecule has 2 fully saturated rings. The molecule has 3 rings (SSSR count). The van der Waals surface area contributed by atoms with Gasteiger partial charge in [-0.05, 0) is 37.5 Å². The lowest BCUT2D eigenvalue weighted by molar-refractivity contribution is -0.143. The Morgan fingerprint density at radius 3 is 2.72 bits per heavy atom. The van der Waals surface area contributed by atoms with Gasteiger partial charge in [0.05, 0.1) is 16.0 Å². The van der Waals surface area contributed by atoms with Crippen molar-refractivity contribution in [1.82, 2.24) is 9.80 Å². The third-order valence-corrected chi connectivity index (χ3v) is 5.44. The van der Waals surface area contributed by atoms with Gasteiger partial charge in [-0.1, -0.05) is 11.6 Å². The van der Waals surface area contributed by atoms with Gasteiger partial charge in [0.15, 0.2) is 0 Å². The first kappa shape index (κ1) is 17.7. The molecule has 1 atom stereocenters. The third kappa shape index (κ3) is 3.35. The summed E-state index contributed by atoms with van der Waals surface area (Å²) in [7, 11) is 1.82. The molecule has 0 saturated carbocycles. The number of nitrogens with one attached hydrogen (secondary N) is 1. The fourth-order valence-electron chi connectivity index (χ4n) is 3.83. The summed E-state index contributed by atoms with van der Waals surface area (Å²) in [4.78, 5) is 40.2. The van der Waals surface area contributed by atoms with Gasteiger partial charge >= 0.3 is 0 Å². The van der Waals surface area contributed by atoms with Crippen molar-refractivity contribution in [3.8, 4) is 0 Å². The summed E-state index contributed by atoms with van der Waals surface area (Å²) >= 11 is 6.20. The number of carbonyl (C=O) groups is 3. The SMILES string of the molecule is CC(=O)Nc1ccc(Cl)c(C(=O)N2CC[C@]3(CCCN(C)C3=O)C2)c1. The molecule has 7 heteroatoms. The summed E-state index contributed by atoms with van der Waals surface area (Å²) < 4.78 is 0. The molecule has 134 valence electrons. The van der Waals surface area contributed by atoms with Crippen LogP contribution in [0, 0.1) is 5.41 Å². The Balaban J connectivity index is 1.80. The molecule has 0 bridgehead atoms. The second-order valence-corrected chi connectivity index (χ2v) is 7.37. The molecular formula is C18H22ClN3O3. The Hall–Kier alpha value is -2.08. The van der Waals surface area contributed by atoms with Crippen molar-refractivity contribution in [1.29, 1.82) is 0 Å². The molecule has 1 spiro atoms. The molecule has 3 amide bonds. The summed E-state index contributed by atoms with van der Waals surface area (Å²) in [5, 5.41) is 3.00. The van der Waals surface area contributed by atoms with Crippen LogP contribution in [0.3, 0.4) is 0 Å². The van der Waals surface area contributed by atoms with Gasteiger partial charge in [0.2, 0.25) is 11.8 Å². The number of carbonyl (C=O) groups excluding carboxylic acids is 3. The molecule has 0 aromatic heterocycles. The number of nitrogens with zero attached hydrogens (tertiary/aromatic N) is 2. The van der Waals surface area contributed by atoms with Crippen molar-refractivity contribution in [2.45, 2.75) is 26.2 Å². The van der Waals surface area contributed by atoms with Crippen LogP contribution < -0.4 is 5.32 Å². The second-order valence-electron chi connectivity index (χ2n) is 6.96. The van der Waals surface area contributed by atoms with Crippen LogP contribution in [0.25, 0.3) is 0 Å². The number of halogens is 1. The van der Waals surface area contributed by atoms with E-state index in [9.17, 15) is 14.4 Å². The number of anilines is 1. The van der Waals surface area contributed by atoms with Gasteiger partial charge in [0.25, 0.3) is 5.91 Å². The monoisotopic (exact) mass is 363 g/mol. The molecule has 0 unspecified atom stereocenters. The first-order chi connectivity index (χ1) is 11.8. The van der Waals surface area contributed by atoms with Crippen LogP contribution in [0.4, 0.5) is 5.69 Å². The van der Waals surface area contributed by atoms with E-state index in [2.05, 4.69) is 5.32 Å². The second kappa shape index (κ2) is 6.67. The van der Waals surface area contributed by atoms with E-state index in [4.69, 9.17) is 11.6 Å². The third-order valence-electron chi connectivity index (χ3n) is 5.11. The normalized spacial score (nSPS) is 23.2. The molecule has 2 heterocycles. The number of hydrogen-bond donors (Lipinski definition) is 1. The summed E-state index contributed by atoms with van der Waals surface area (Å²) in [5.74, 6) is -0.279. The van der Waals surface area contributed by atoms with Gasteiger partial charge in [-0.3, -0.25) is 14.4 Å². The van der Waals surface area contributed by atoms with Gasteiger partial charge in [-0.15, -0.1) is 0 Å². The van der Waals surface area contributed by atoms with Crippen molar-refractivity contribution in [3.63, 3.8) is 0 Å². The molecular weight excluding hydrogens is 342 g/mol. The average molecular weight is 364 g/mol. The Kier molecular flexibility index (Phi) is 4.73. The van der Waals surface area contributed by atoms with Gasteiger partial charge in [-0.25, -0.2) is 0 Å². The van der Waals surface area contributed by atoms with E-state index in [1.165, 1.54) is 6.92 Å². The van der Waals surface area contributed by atoms with Crippen molar-refractivity contribution in [3.05, 3.63) is 28.8 Å². The van der Waals surface area contributed by atoms with E-state index < -0.39 is 5.41 Å². The lowest BCUT2D eigenvalue weighted by atomic mass is 9.78. The molecule has 1 aromatic carbocycles. The van der Waals surface area contributed by atoms with Crippen molar-refractivity contribution in [2.75, 3.05) is 32.0 Å². The van der Waals surface area contributed by atoms with Crippen LogP contribution in [-0.4, -0.2) is 54.2 Å². The minimum Gasteiger partial charge on any atom is -0.345 e. The number of likely N-dealkylation sites (tertiary alicyclic amines) is 2. The quantitative estimate of drug-likeness (QED) is 0.877. The Labute approximate surface area is 152 Å². The average Bonchev–Trinajstić information content (AvgIpc) is 2.98. The Bertz CT molecular complexity index is 736. The van der Waals surface area contributed by atoms with Gasteiger partial charge < -0.3 is 15.1 Å². The fourth-order valence-corrected chi connectivity index (χ4v) is 4.03. The summed E-state index contributed by atoms with van der Waals surface area (Å²) in [6, 6.07) is 4.85. The van der Waals surface area contributed by atoms with Crippen LogP contribution in [0.15, 0.2) is 18.2 Å². The van der Waals surface area contributed by atoms with Gasteiger partial charge in [0, 0.05) is 39.3 Å². The first-order valence-corrected chi connectivity index (χ1v) is 8.82. The molecule has 2 aliphatic rings. The first-order valence-electron chi connectivity index (χ1n) is 8.44. The lowest BCUT2D eigenvalue weighted by Crippen LogP contribution is -2.48. The molecule has 0 aliphatic carbocycles. The Morgan fingerprint density at radius 2 is 2.00 bits per heavy atom. The van der Waals surface area contributed by atoms with E-state index in [-0.39, 0.29) is 17.7 Å². The minimum absolute atomic E-state index is 0.132. The molecule has 6 nitrogen and oxygen atoms in total. The van der Waals surface area contributed by atoms with E-state index >= 15 is 0 Å². The summed E-state index contributed by atoms with van der Waals surface area (Å²) in [6.07, 6.45) is 2.47. The summed E-state index contributed by atoms with van der Waals surface area (Å²) in [6.45, 7) is 3.15. The smallest absolute Gasteiger partial charge is 0.255 e. The van der Waals surface area contributed by atoms with Gasteiger partial charge in [-0.2, -0.15) is 0 Å².